The first-order valence-electron chi connectivity index (χ1n) is 10.7. The molecule has 1 fully saturated rings. The molecule has 0 atom stereocenters. The zero-order valence-corrected chi connectivity index (χ0v) is 18.4. The van der Waals surface area contributed by atoms with E-state index in [1.807, 2.05) is 6.07 Å². The van der Waals surface area contributed by atoms with Crippen LogP contribution in [0.1, 0.15) is 36.8 Å². The second-order valence-electron chi connectivity index (χ2n) is 7.85. The summed E-state index contributed by atoms with van der Waals surface area (Å²) in [5.41, 5.74) is 2.80. The number of aromatic nitrogens is 2. The number of oxazole rings is 1. The van der Waals surface area contributed by atoms with E-state index < -0.39 is 11.9 Å². The highest BCUT2D eigenvalue weighted by Crippen LogP contribution is 2.30. The first-order valence-corrected chi connectivity index (χ1v) is 10.7. The first-order chi connectivity index (χ1) is 16.5. The molecule has 2 aromatic heterocycles. The maximum absolute atomic E-state index is 12.9. The number of nitrogens with one attached hydrogen (secondary N) is 2. The second kappa shape index (κ2) is 8.94. The number of anilines is 3. The normalized spacial score (nSPS) is 15.3. The van der Waals surface area contributed by atoms with Gasteiger partial charge in [0.1, 0.15) is 0 Å². The highest BCUT2D eigenvalue weighted by atomic mass is 16.5. The number of fused-ring (bicyclic) bond motifs is 1. The number of pyridine rings is 1. The van der Waals surface area contributed by atoms with Crippen LogP contribution in [-0.4, -0.2) is 61.0 Å². The summed E-state index contributed by atoms with van der Waals surface area (Å²) in [7, 11) is 1.28. The summed E-state index contributed by atoms with van der Waals surface area (Å²) in [6.07, 6.45) is 4.55. The molecule has 2 amide bonds. The van der Waals surface area contributed by atoms with Gasteiger partial charge in [-0.3, -0.25) is 19.5 Å². The van der Waals surface area contributed by atoms with Gasteiger partial charge in [0.25, 0.3) is 11.8 Å². The molecule has 34 heavy (non-hydrogen) atoms. The van der Waals surface area contributed by atoms with Crippen molar-refractivity contribution < 1.29 is 23.5 Å². The lowest BCUT2D eigenvalue weighted by molar-refractivity contribution is 0.0600. The average molecular weight is 462 g/mol. The minimum Gasteiger partial charge on any atom is -0.465 e. The van der Waals surface area contributed by atoms with E-state index in [-0.39, 0.29) is 29.8 Å². The molecule has 4 heterocycles. The molecule has 0 spiro atoms. The Labute approximate surface area is 194 Å². The Balaban J connectivity index is 1.32. The van der Waals surface area contributed by atoms with Crippen molar-refractivity contribution in [2.45, 2.75) is 6.54 Å². The Kier molecular flexibility index (Phi) is 5.68. The van der Waals surface area contributed by atoms with Gasteiger partial charge in [-0.1, -0.05) is 6.07 Å². The van der Waals surface area contributed by atoms with Gasteiger partial charge in [-0.15, -0.1) is 0 Å². The van der Waals surface area contributed by atoms with Crippen molar-refractivity contribution >= 4 is 35.2 Å². The fraction of sp³-hybridized carbons (Fsp3) is 0.261. The Morgan fingerprint density at radius 2 is 2.00 bits per heavy atom. The number of methoxy groups -OCH3 is 1. The minimum atomic E-state index is -0.528. The number of nitrogens with zero attached hydrogens (tertiary/aromatic N) is 4. The van der Waals surface area contributed by atoms with Gasteiger partial charge in [0.15, 0.2) is 0 Å². The quantitative estimate of drug-likeness (QED) is 0.544. The van der Waals surface area contributed by atoms with Crippen LogP contribution in [0.3, 0.4) is 0 Å². The zero-order chi connectivity index (χ0) is 23.7. The zero-order valence-electron chi connectivity index (χ0n) is 18.4. The van der Waals surface area contributed by atoms with Crippen LogP contribution in [0.5, 0.6) is 0 Å². The summed E-state index contributed by atoms with van der Waals surface area (Å²) in [4.78, 5) is 49.3. The summed E-state index contributed by atoms with van der Waals surface area (Å²) in [5.74, 6) is -1.44. The van der Waals surface area contributed by atoms with E-state index in [1.165, 1.54) is 24.3 Å². The fourth-order valence-electron chi connectivity index (χ4n) is 4.04. The lowest BCUT2D eigenvalue weighted by Gasteiger charge is -2.30. The number of carbonyl (C=O) groups is 3. The molecule has 2 N–H and O–H groups in total. The standard InChI is InChI=1S/C23H22N6O5/c1-33-22(32)14-2-3-15-13-29(21(31)16(15)10-14)23-26-12-19(34-23)20(30)27-17-11-25-5-4-18(17)28-8-6-24-7-9-28/h2-5,10-12,24H,6-9,13H2,1H3,(H,27,30). The summed E-state index contributed by atoms with van der Waals surface area (Å²) in [6.45, 7) is 3.55. The molecular weight excluding hydrogens is 440 g/mol. The number of benzene rings is 1. The molecule has 2 aliphatic heterocycles. The van der Waals surface area contributed by atoms with E-state index in [4.69, 9.17) is 9.15 Å². The summed E-state index contributed by atoms with van der Waals surface area (Å²) in [6, 6.07) is 6.63. The molecular formula is C23H22N6O5. The highest BCUT2D eigenvalue weighted by Gasteiger charge is 2.33. The van der Waals surface area contributed by atoms with Gasteiger partial charge in [-0.2, -0.15) is 0 Å². The van der Waals surface area contributed by atoms with Crippen LogP contribution in [0.25, 0.3) is 0 Å². The summed E-state index contributed by atoms with van der Waals surface area (Å²) in [5, 5.41) is 6.13. The van der Waals surface area contributed by atoms with Crippen molar-refractivity contribution in [3.63, 3.8) is 0 Å². The number of hydrogen-bond acceptors (Lipinski definition) is 9. The van der Waals surface area contributed by atoms with Gasteiger partial charge in [-0.25, -0.2) is 9.78 Å². The molecule has 0 bridgehead atoms. The van der Waals surface area contributed by atoms with Crippen LogP contribution in [0.4, 0.5) is 17.4 Å². The number of hydrogen-bond donors (Lipinski definition) is 2. The monoisotopic (exact) mass is 462 g/mol. The molecule has 174 valence electrons. The van der Waals surface area contributed by atoms with Gasteiger partial charge in [0.05, 0.1) is 43.0 Å². The number of carbonyl (C=O) groups excluding carboxylic acids is 3. The molecule has 5 rings (SSSR count). The molecule has 0 saturated carbocycles. The van der Waals surface area contributed by atoms with Crippen molar-refractivity contribution in [3.8, 4) is 0 Å². The van der Waals surface area contributed by atoms with Crippen molar-refractivity contribution in [2.75, 3.05) is 48.4 Å². The molecule has 3 aromatic rings. The SMILES string of the molecule is COC(=O)c1ccc2c(c1)C(=O)N(c1ncc(C(=O)Nc3cnccc3N3CCNCC3)o1)C2. The van der Waals surface area contributed by atoms with Crippen LogP contribution < -0.4 is 20.4 Å². The number of esters is 1. The molecule has 1 aromatic carbocycles. The van der Waals surface area contributed by atoms with Crippen LogP contribution in [0.15, 0.2) is 47.3 Å². The van der Waals surface area contributed by atoms with Crippen LogP contribution in [-0.2, 0) is 11.3 Å². The van der Waals surface area contributed by atoms with Crippen LogP contribution in [0, 0.1) is 0 Å². The van der Waals surface area contributed by atoms with Crippen molar-refractivity contribution in [1.29, 1.82) is 0 Å². The third-order valence-corrected chi connectivity index (χ3v) is 5.79. The Morgan fingerprint density at radius 1 is 1.18 bits per heavy atom. The van der Waals surface area contributed by atoms with Gasteiger partial charge >= 0.3 is 12.0 Å². The number of amides is 2. The lowest BCUT2D eigenvalue weighted by Crippen LogP contribution is -2.43. The van der Waals surface area contributed by atoms with E-state index >= 15 is 0 Å². The first kappa shape index (κ1) is 21.6. The maximum Gasteiger partial charge on any atom is 0.337 e. The van der Waals surface area contributed by atoms with E-state index in [9.17, 15) is 14.4 Å². The fourth-order valence-corrected chi connectivity index (χ4v) is 4.04. The van der Waals surface area contributed by atoms with Gasteiger partial charge < -0.3 is 24.7 Å². The molecule has 0 radical (unpaired) electrons. The minimum absolute atomic E-state index is 0.000479. The lowest BCUT2D eigenvalue weighted by atomic mass is 10.1. The van der Waals surface area contributed by atoms with Crippen LogP contribution in [0.2, 0.25) is 0 Å². The predicted molar refractivity (Wildman–Crippen MR) is 122 cm³/mol. The van der Waals surface area contributed by atoms with E-state index in [2.05, 4.69) is 25.5 Å². The van der Waals surface area contributed by atoms with Crippen molar-refractivity contribution in [3.05, 3.63) is 65.3 Å². The number of rotatable bonds is 5. The van der Waals surface area contributed by atoms with Gasteiger partial charge in [0, 0.05) is 37.9 Å². The molecule has 2 aliphatic rings. The predicted octanol–water partition coefficient (Wildman–Crippen LogP) is 1.68. The number of ether oxygens (including phenoxy) is 1. The third kappa shape index (κ3) is 3.97. The van der Waals surface area contributed by atoms with Gasteiger partial charge in [0.2, 0.25) is 5.76 Å². The Bertz CT molecular complexity index is 1270. The van der Waals surface area contributed by atoms with Crippen molar-refractivity contribution in [1.82, 2.24) is 15.3 Å². The van der Waals surface area contributed by atoms with Crippen molar-refractivity contribution in [2.24, 2.45) is 0 Å². The smallest absolute Gasteiger partial charge is 0.337 e. The summed E-state index contributed by atoms with van der Waals surface area (Å²) < 4.78 is 10.4. The number of piperazine rings is 1. The molecule has 11 heteroatoms. The largest absolute Gasteiger partial charge is 0.465 e. The molecule has 0 aliphatic carbocycles. The Morgan fingerprint density at radius 3 is 2.79 bits per heavy atom. The molecule has 1 saturated heterocycles. The topological polar surface area (TPSA) is 130 Å². The average Bonchev–Trinajstić information content (AvgIpc) is 3.49. The third-order valence-electron chi connectivity index (χ3n) is 5.79. The maximum atomic E-state index is 12.9. The van der Waals surface area contributed by atoms with Gasteiger partial charge in [-0.05, 0) is 23.8 Å². The Hall–Kier alpha value is -4.25. The van der Waals surface area contributed by atoms with Crippen LogP contribution >= 0.6 is 0 Å². The van der Waals surface area contributed by atoms with E-state index in [1.54, 1.807) is 24.5 Å². The summed E-state index contributed by atoms with van der Waals surface area (Å²) >= 11 is 0. The highest BCUT2D eigenvalue weighted by molar-refractivity contribution is 6.10. The van der Waals surface area contributed by atoms with E-state index in [0.717, 1.165) is 37.4 Å². The second-order valence-corrected chi connectivity index (χ2v) is 7.85. The molecule has 11 nitrogen and oxygen atoms in total. The molecule has 0 unspecified atom stereocenters. The van der Waals surface area contributed by atoms with E-state index in [0.29, 0.717) is 11.3 Å².